The van der Waals surface area contributed by atoms with Crippen LogP contribution in [0.1, 0.15) is 5.56 Å². The number of hydrogen-bond donors (Lipinski definition) is 0. The Morgan fingerprint density at radius 1 is 1.29 bits per heavy atom. The van der Waals surface area contributed by atoms with Gasteiger partial charge in [0.2, 0.25) is 0 Å². The molecule has 0 aromatic heterocycles. The summed E-state index contributed by atoms with van der Waals surface area (Å²) in [6, 6.07) is 15.1. The van der Waals surface area contributed by atoms with E-state index in [1.807, 2.05) is 6.07 Å². The first-order valence-corrected chi connectivity index (χ1v) is 7.13. The Hall–Kier alpha value is -3.40. The van der Waals surface area contributed by atoms with Gasteiger partial charge in [-0.15, -0.1) is 0 Å². The second kappa shape index (κ2) is 7.74. The number of carbonyl (C=O) groups excluding carboxylic acids is 1. The number of carbonyl (C=O) groups is 1. The van der Waals surface area contributed by atoms with Crippen molar-refractivity contribution in [2.45, 2.75) is 6.92 Å². The lowest BCUT2D eigenvalue weighted by molar-refractivity contribution is -0.385. The molecule has 0 saturated heterocycles. The minimum atomic E-state index is -0.558. The van der Waals surface area contributed by atoms with Crippen LogP contribution in [-0.2, 0) is 4.79 Å². The van der Waals surface area contributed by atoms with Crippen molar-refractivity contribution in [1.82, 2.24) is 0 Å². The molecule has 24 heavy (non-hydrogen) atoms. The smallest absolute Gasteiger partial charge is 0.311 e. The summed E-state index contributed by atoms with van der Waals surface area (Å²) < 4.78 is 5.32. The van der Waals surface area contributed by atoms with E-state index >= 15 is 0 Å². The van der Waals surface area contributed by atoms with Gasteiger partial charge in [-0.2, -0.15) is 5.26 Å². The zero-order valence-electron chi connectivity index (χ0n) is 13.0. The third kappa shape index (κ3) is 4.08. The number of nitrogens with zero attached hydrogens (tertiary/aromatic N) is 3. The summed E-state index contributed by atoms with van der Waals surface area (Å²) >= 11 is 0. The Bertz CT molecular complexity index is 784. The summed E-state index contributed by atoms with van der Waals surface area (Å²) in [7, 11) is 0. The van der Waals surface area contributed by atoms with Gasteiger partial charge in [-0.1, -0.05) is 24.3 Å². The van der Waals surface area contributed by atoms with Crippen LogP contribution in [0.3, 0.4) is 0 Å². The fourth-order valence-corrected chi connectivity index (χ4v) is 2.11. The normalized spacial score (nSPS) is 9.83. The van der Waals surface area contributed by atoms with E-state index in [9.17, 15) is 14.9 Å². The van der Waals surface area contributed by atoms with Gasteiger partial charge in [-0.25, -0.2) is 0 Å². The highest BCUT2D eigenvalue weighted by Crippen LogP contribution is 2.27. The summed E-state index contributed by atoms with van der Waals surface area (Å²) in [5.41, 5.74) is 1.08. The lowest BCUT2D eigenvalue weighted by Gasteiger charge is -2.19. The number of rotatable bonds is 6. The van der Waals surface area contributed by atoms with E-state index in [0.717, 1.165) is 5.56 Å². The molecule has 0 saturated carbocycles. The lowest BCUT2D eigenvalue weighted by atomic mass is 10.2. The van der Waals surface area contributed by atoms with Gasteiger partial charge in [0.15, 0.2) is 12.4 Å². The fourth-order valence-electron chi connectivity index (χ4n) is 2.11. The van der Waals surface area contributed by atoms with Crippen molar-refractivity contribution in [2.75, 3.05) is 18.1 Å². The number of anilines is 1. The maximum atomic E-state index is 12.3. The minimum absolute atomic E-state index is 0.0175. The van der Waals surface area contributed by atoms with Crippen LogP contribution >= 0.6 is 0 Å². The lowest BCUT2D eigenvalue weighted by Crippen LogP contribution is -2.35. The SMILES string of the molecule is Cc1ccc(OCC(=O)N(CC#N)c2ccccc2)c([N+](=O)[O-])c1. The zero-order valence-corrected chi connectivity index (χ0v) is 13.0. The second-order valence-corrected chi connectivity index (χ2v) is 4.99. The van der Waals surface area contributed by atoms with Gasteiger partial charge in [0.25, 0.3) is 5.91 Å². The topological polar surface area (TPSA) is 96.5 Å². The highest BCUT2D eigenvalue weighted by Gasteiger charge is 2.19. The summed E-state index contributed by atoms with van der Waals surface area (Å²) in [6.45, 7) is 1.19. The Morgan fingerprint density at radius 2 is 2.00 bits per heavy atom. The number of benzene rings is 2. The van der Waals surface area contributed by atoms with Gasteiger partial charge < -0.3 is 4.74 Å². The maximum Gasteiger partial charge on any atom is 0.311 e. The molecule has 122 valence electrons. The fraction of sp³-hybridized carbons (Fsp3) is 0.176. The molecule has 7 nitrogen and oxygen atoms in total. The molecule has 0 heterocycles. The largest absolute Gasteiger partial charge is 0.477 e. The molecule has 0 unspecified atom stereocenters. The number of para-hydroxylation sites is 1. The average Bonchev–Trinajstić information content (AvgIpc) is 2.59. The Labute approximate surface area is 138 Å². The molecule has 0 aliphatic carbocycles. The van der Waals surface area contributed by atoms with Gasteiger partial charge in [0, 0.05) is 11.8 Å². The van der Waals surface area contributed by atoms with Crippen molar-refractivity contribution in [2.24, 2.45) is 0 Å². The highest BCUT2D eigenvalue weighted by atomic mass is 16.6. The Morgan fingerprint density at radius 3 is 2.62 bits per heavy atom. The number of hydrogen-bond acceptors (Lipinski definition) is 5. The van der Waals surface area contributed by atoms with Crippen LogP contribution in [0.4, 0.5) is 11.4 Å². The third-order valence-electron chi connectivity index (χ3n) is 3.26. The van der Waals surface area contributed by atoms with Crippen molar-refractivity contribution >= 4 is 17.3 Å². The number of nitriles is 1. The highest BCUT2D eigenvalue weighted by molar-refractivity contribution is 5.94. The summed E-state index contributed by atoms with van der Waals surface area (Å²) in [4.78, 5) is 24.1. The quantitative estimate of drug-likeness (QED) is 0.462. The zero-order chi connectivity index (χ0) is 17.5. The van der Waals surface area contributed by atoms with Crippen LogP contribution < -0.4 is 9.64 Å². The van der Waals surface area contributed by atoms with E-state index in [-0.39, 0.29) is 18.0 Å². The molecule has 7 heteroatoms. The van der Waals surface area contributed by atoms with Crippen LogP contribution in [0.2, 0.25) is 0 Å². The van der Waals surface area contributed by atoms with E-state index in [0.29, 0.717) is 5.69 Å². The van der Waals surface area contributed by atoms with Crippen LogP contribution in [-0.4, -0.2) is 24.0 Å². The van der Waals surface area contributed by atoms with Gasteiger partial charge in [-0.05, 0) is 30.7 Å². The molecule has 2 aromatic carbocycles. The van der Waals surface area contributed by atoms with E-state index in [2.05, 4.69) is 0 Å². The molecule has 0 radical (unpaired) electrons. The molecular formula is C17H15N3O4. The molecule has 1 amide bonds. The third-order valence-corrected chi connectivity index (χ3v) is 3.26. The molecule has 0 fully saturated rings. The first kappa shape index (κ1) is 17.0. The predicted molar refractivity (Wildman–Crippen MR) is 87.7 cm³/mol. The maximum absolute atomic E-state index is 12.3. The van der Waals surface area contributed by atoms with Crippen molar-refractivity contribution < 1.29 is 14.5 Å². The number of ether oxygens (including phenoxy) is 1. The molecule has 0 atom stereocenters. The second-order valence-electron chi connectivity index (χ2n) is 4.99. The molecule has 2 aromatic rings. The van der Waals surface area contributed by atoms with Crippen molar-refractivity contribution in [3.8, 4) is 11.8 Å². The van der Waals surface area contributed by atoms with E-state index in [1.54, 1.807) is 43.3 Å². The van der Waals surface area contributed by atoms with E-state index in [1.165, 1.54) is 17.0 Å². The van der Waals surface area contributed by atoms with Crippen LogP contribution in [0, 0.1) is 28.4 Å². The van der Waals surface area contributed by atoms with Gasteiger partial charge in [0.1, 0.15) is 6.54 Å². The van der Waals surface area contributed by atoms with Crippen molar-refractivity contribution in [3.63, 3.8) is 0 Å². The van der Waals surface area contributed by atoms with Crippen LogP contribution in [0.25, 0.3) is 0 Å². The van der Waals surface area contributed by atoms with E-state index in [4.69, 9.17) is 10.00 Å². The summed E-state index contributed by atoms with van der Waals surface area (Å²) in [5.74, 6) is -0.443. The predicted octanol–water partition coefficient (Wildman–Crippen LogP) is 2.84. The Kier molecular flexibility index (Phi) is 5.47. The molecule has 2 rings (SSSR count). The minimum Gasteiger partial charge on any atom is -0.477 e. The van der Waals surface area contributed by atoms with Gasteiger partial charge >= 0.3 is 5.69 Å². The van der Waals surface area contributed by atoms with Crippen molar-refractivity contribution in [3.05, 3.63) is 64.2 Å². The number of amides is 1. The summed E-state index contributed by atoms with van der Waals surface area (Å²) in [5, 5.41) is 20.0. The molecular weight excluding hydrogens is 310 g/mol. The molecule has 0 aliphatic heterocycles. The average molecular weight is 325 g/mol. The Balaban J connectivity index is 2.15. The number of nitro benzene ring substituents is 1. The summed E-state index contributed by atoms with van der Waals surface area (Å²) in [6.07, 6.45) is 0. The van der Waals surface area contributed by atoms with Crippen molar-refractivity contribution in [1.29, 1.82) is 5.26 Å². The van der Waals surface area contributed by atoms with E-state index < -0.39 is 17.4 Å². The molecule has 0 N–H and O–H groups in total. The standard InChI is InChI=1S/C17H15N3O4/c1-13-7-8-16(15(11-13)20(22)23)24-12-17(21)19(10-9-18)14-5-3-2-4-6-14/h2-8,11H,10,12H2,1H3. The van der Waals surface area contributed by atoms with Crippen LogP contribution in [0.15, 0.2) is 48.5 Å². The molecule has 0 spiro atoms. The molecule has 0 bridgehead atoms. The first-order valence-electron chi connectivity index (χ1n) is 7.13. The number of nitro groups is 1. The monoisotopic (exact) mass is 325 g/mol. The number of aryl methyl sites for hydroxylation is 1. The van der Waals surface area contributed by atoms with Gasteiger partial charge in [-0.3, -0.25) is 19.8 Å². The van der Waals surface area contributed by atoms with Crippen LogP contribution in [0.5, 0.6) is 5.75 Å². The molecule has 0 aliphatic rings. The first-order chi connectivity index (χ1) is 11.5. The van der Waals surface area contributed by atoms with Gasteiger partial charge in [0.05, 0.1) is 11.0 Å².